The van der Waals surface area contributed by atoms with Crippen molar-refractivity contribution in [3.63, 3.8) is 0 Å². The van der Waals surface area contributed by atoms with Gasteiger partial charge < -0.3 is 4.90 Å². The van der Waals surface area contributed by atoms with E-state index in [-0.39, 0.29) is 35.1 Å². The standard InChI is InChI=1S/C26H31N3O4S/c1-19-11-12-20(18-29-25(30)22-9-5-6-10-23(22)26(29)31)17-24(19)34(32,33)28-15-13-27(14-16-28)21-7-3-2-4-8-21/h2-4,7-8,11-12,17,22-23H,5-6,9-10,13-16,18H2,1H3/t22-,23-/m1/s1. The van der Waals surface area contributed by atoms with Gasteiger partial charge in [0.1, 0.15) is 0 Å². The maximum Gasteiger partial charge on any atom is 0.243 e. The lowest BCUT2D eigenvalue weighted by atomic mass is 9.81. The van der Waals surface area contributed by atoms with Crippen molar-refractivity contribution in [2.75, 3.05) is 31.1 Å². The quantitative estimate of drug-likeness (QED) is 0.613. The molecule has 0 aromatic heterocycles. The molecular weight excluding hydrogens is 450 g/mol. The largest absolute Gasteiger partial charge is 0.369 e. The average molecular weight is 482 g/mol. The van der Waals surface area contributed by atoms with E-state index in [0.29, 0.717) is 37.3 Å². The molecule has 5 rings (SSSR count). The van der Waals surface area contributed by atoms with Crippen molar-refractivity contribution in [3.8, 4) is 0 Å². The minimum atomic E-state index is -3.68. The minimum absolute atomic E-state index is 0.100. The van der Waals surface area contributed by atoms with Crippen molar-refractivity contribution >= 4 is 27.5 Å². The van der Waals surface area contributed by atoms with Gasteiger partial charge in [-0.3, -0.25) is 14.5 Å². The number of hydrogen-bond donors (Lipinski definition) is 0. The minimum Gasteiger partial charge on any atom is -0.369 e. The number of carbonyl (C=O) groups is 2. The van der Waals surface area contributed by atoms with Gasteiger partial charge in [-0.1, -0.05) is 43.2 Å². The SMILES string of the molecule is Cc1ccc(CN2C(=O)[C@@H]3CCCC[C@H]3C2=O)cc1S(=O)(=O)N1CCN(c2ccccc2)CC1. The van der Waals surface area contributed by atoms with Gasteiger partial charge in [0.25, 0.3) is 0 Å². The summed E-state index contributed by atoms with van der Waals surface area (Å²) >= 11 is 0. The molecular formula is C26H31N3O4S. The van der Waals surface area contributed by atoms with E-state index in [0.717, 1.165) is 31.4 Å². The summed E-state index contributed by atoms with van der Waals surface area (Å²) in [6.07, 6.45) is 3.51. The van der Waals surface area contributed by atoms with Crippen molar-refractivity contribution in [1.82, 2.24) is 9.21 Å². The lowest BCUT2D eigenvalue weighted by Gasteiger charge is -2.35. The van der Waals surface area contributed by atoms with Gasteiger partial charge in [-0.05, 0) is 49.1 Å². The number of piperazine rings is 1. The Hall–Kier alpha value is -2.71. The smallest absolute Gasteiger partial charge is 0.243 e. The second-order valence-corrected chi connectivity index (χ2v) is 11.5. The van der Waals surface area contributed by atoms with Gasteiger partial charge >= 0.3 is 0 Å². The van der Waals surface area contributed by atoms with Crippen molar-refractivity contribution in [2.24, 2.45) is 11.8 Å². The van der Waals surface area contributed by atoms with Crippen molar-refractivity contribution in [3.05, 3.63) is 59.7 Å². The molecule has 7 nitrogen and oxygen atoms in total. The number of amides is 2. The van der Waals surface area contributed by atoms with E-state index in [1.54, 1.807) is 23.4 Å². The van der Waals surface area contributed by atoms with E-state index in [4.69, 9.17) is 0 Å². The van der Waals surface area contributed by atoms with Crippen LogP contribution in [0.3, 0.4) is 0 Å². The number of fused-ring (bicyclic) bond motifs is 1. The molecule has 2 aliphatic heterocycles. The van der Waals surface area contributed by atoms with E-state index < -0.39 is 10.0 Å². The monoisotopic (exact) mass is 481 g/mol. The highest BCUT2D eigenvalue weighted by Gasteiger charge is 2.48. The summed E-state index contributed by atoms with van der Waals surface area (Å²) in [4.78, 5) is 29.5. The number of sulfonamides is 1. The topological polar surface area (TPSA) is 78.0 Å². The molecule has 2 aromatic rings. The number of anilines is 1. The molecule has 0 bridgehead atoms. The first-order valence-electron chi connectivity index (χ1n) is 12.1. The van der Waals surface area contributed by atoms with Crippen LogP contribution in [0.1, 0.15) is 36.8 Å². The van der Waals surface area contributed by atoms with Crippen molar-refractivity contribution < 1.29 is 18.0 Å². The van der Waals surface area contributed by atoms with Gasteiger partial charge in [0.2, 0.25) is 21.8 Å². The summed E-state index contributed by atoms with van der Waals surface area (Å²) in [5.41, 5.74) is 2.44. The van der Waals surface area contributed by atoms with Crippen LogP contribution in [0.15, 0.2) is 53.4 Å². The van der Waals surface area contributed by atoms with Crippen LogP contribution in [0.25, 0.3) is 0 Å². The summed E-state index contributed by atoms with van der Waals surface area (Å²) in [5, 5.41) is 0. The number of hydrogen-bond acceptors (Lipinski definition) is 5. The fourth-order valence-electron chi connectivity index (χ4n) is 5.55. The summed E-state index contributed by atoms with van der Waals surface area (Å²) in [5.74, 6) is -0.597. The fourth-order valence-corrected chi connectivity index (χ4v) is 7.25. The Morgan fingerprint density at radius 3 is 2.09 bits per heavy atom. The van der Waals surface area contributed by atoms with Crippen molar-refractivity contribution in [1.29, 1.82) is 0 Å². The number of likely N-dealkylation sites (tertiary alicyclic amines) is 1. The first kappa shape index (κ1) is 23.1. The Bertz CT molecular complexity index is 1170. The molecule has 3 aliphatic rings. The van der Waals surface area contributed by atoms with Gasteiger partial charge in [-0.2, -0.15) is 4.31 Å². The third-order valence-electron chi connectivity index (χ3n) is 7.50. The van der Waals surface area contributed by atoms with E-state index in [1.165, 1.54) is 4.90 Å². The van der Waals surface area contributed by atoms with Crippen LogP contribution < -0.4 is 4.90 Å². The normalized spacial score (nSPS) is 23.9. The third-order valence-corrected chi connectivity index (χ3v) is 9.54. The zero-order valence-electron chi connectivity index (χ0n) is 19.5. The Kier molecular flexibility index (Phi) is 6.20. The highest BCUT2D eigenvalue weighted by molar-refractivity contribution is 7.89. The highest BCUT2D eigenvalue weighted by atomic mass is 32.2. The summed E-state index contributed by atoms with van der Waals surface area (Å²) < 4.78 is 28.6. The molecule has 8 heteroatoms. The molecule has 0 N–H and O–H groups in total. The molecule has 1 saturated carbocycles. The maximum absolute atomic E-state index is 13.5. The number of aryl methyl sites for hydroxylation is 1. The number of benzene rings is 2. The van der Waals surface area contributed by atoms with E-state index >= 15 is 0 Å². The molecule has 0 radical (unpaired) electrons. The zero-order chi connectivity index (χ0) is 23.9. The lowest BCUT2D eigenvalue weighted by Crippen LogP contribution is -2.48. The molecule has 0 spiro atoms. The first-order chi connectivity index (χ1) is 16.4. The summed E-state index contributed by atoms with van der Waals surface area (Å²) in [6.45, 7) is 4.00. The molecule has 2 aromatic carbocycles. The number of nitrogens with zero attached hydrogens (tertiary/aromatic N) is 3. The molecule has 3 fully saturated rings. The highest BCUT2D eigenvalue weighted by Crippen LogP contribution is 2.38. The Balaban J connectivity index is 1.32. The second-order valence-electron chi connectivity index (χ2n) is 9.59. The zero-order valence-corrected chi connectivity index (χ0v) is 20.3. The molecule has 2 heterocycles. The van der Waals surface area contributed by atoms with Gasteiger partial charge in [0.05, 0.1) is 23.3 Å². The predicted octanol–water partition coefficient (Wildman–Crippen LogP) is 3.18. The van der Waals surface area contributed by atoms with E-state index in [2.05, 4.69) is 4.90 Å². The van der Waals surface area contributed by atoms with Gasteiger partial charge in [0, 0.05) is 31.9 Å². The number of para-hydroxylation sites is 1. The number of rotatable bonds is 5. The van der Waals surface area contributed by atoms with Crippen LogP contribution in [0, 0.1) is 18.8 Å². The summed E-state index contributed by atoms with van der Waals surface area (Å²) in [7, 11) is -3.68. The fraction of sp³-hybridized carbons (Fsp3) is 0.462. The van der Waals surface area contributed by atoms with Crippen LogP contribution >= 0.6 is 0 Å². The van der Waals surface area contributed by atoms with Crippen LogP contribution in [0.4, 0.5) is 5.69 Å². The third kappa shape index (κ3) is 4.14. The first-order valence-corrected chi connectivity index (χ1v) is 13.5. The number of carbonyl (C=O) groups excluding carboxylic acids is 2. The van der Waals surface area contributed by atoms with E-state index in [1.807, 2.05) is 36.4 Å². The Morgan fingerprint density at radius 2 is 1.47 bits per heavy atom. The van der Waals surface area contributed by atoms with Gasteiger partial charge in [-0.15, -0.1) is 0 Å². The Morgan fingerprint density at radius 1 is 0.853 bits per heavy atom. The van der Waals surface area contributed by atoms with E-state index in [9.17, 15) is 18.0 Å². The maximum atomic E-state index is 13.5. The second kappa shape index (κ2) is 9.15. The molecule has 0 unspecified atom stereocenters. The van der Waals surface area contributed by atoms with Crippen LogP contribution in [-0.2, 0) is 26.2 Å². The predicted molar refractivity (Wildman–Crippen MR) is 130 cm³/mol. The van der Waals surface area contributed by atoms with Crippen LogP contribution in [0.5, 0.6) is 0 Å². The number of imide groups is 1. The molecule has 34 heavy (non-hydrogen) atoms. The molecule has 2 saturated heterocycles. The average Bonchev–Trinajstić information content (AvgIpc) is 3.10. The van der Waals surface area contributed by atoms with Gasteiger partial charge in [-0.25, -0.2) is 8.42 Å². The lowest BCUT2D eigenvalue weighted by molar-refractivity contribution is -0.140. The summed E-state index contributed by atoms with van der Waals surface area (Å²) in [6, 6.07) is 15.3. The molecule has 2 amide bonds. The molecule has 180 valence electrons. The van der Waals surface area contributed by atoms with Crippen LogP contribution in [0.2, 0.25) is 0 Å². The Labute approximate surface area is 201 Å². The van der Waals surface area contributed by atoms with Crippen LogP contribution in [-0.4, -0.2) is 55.6 Å². The molecule has 2 atom stereocenters. The van der Waals surface area contributed by atoms with Crippen molar-refractivity contribution in [2.45, 2.75) is 44.0 Å². The molecule has 1 aliphatic carbocycles. The van der Waals surface area contributed by atoms with Gasteiger partial charge in [0.15, 0.2) is 0 Å².